The Morgan fingerprint density at radius 1 is 1.40 bits per heavy atom. The summed E-state index contributed by atoms with van der Waals surface area (Å²) in [4.78, 5) is 2.42. The second-order valence-electron chi connectivity index (χ2n) is 4.27. The van der Waals surface area contributed by atoms with Crippen LogP contribution in [0.4, 0.5) is 0 Å². The van der Waals surface area contributed by atoms with Crippen LogP contribution in [-0.4, -0.2) is 36.6 Å². The van der Waals surface area contributed by atoms with E-state index in [1.54, 1.807) is 0 Å². The molecule has 0 saturated carbocycles. The van der Waals surface area contributed by atoms with Crippen LogP contribution in [0.3, 0.4) is 0 Å². The number of piperidine rings is 1. The van der Waals surface area contributed by atoms with Crippen LogP contribution < -0.4 is 5.32 Å². The monoisotopic (exact) mass is 209 g/mol. The second-order valence-corrected chi connectivity index (χ2v) is 4.27. The molecule has 0 spiro atoms. The third-order valence-electron chi connectivity index (χ3n) is 3.20. The van der Waals surface area contributed by atoms with Gasteiger partial charge < -0.3 is 5.32 Å². The molecule has 3 heteroatoms. The average Bonchev–Trinajstić information content (AvgIpc) is 2.30. The van der Waals surface area contributed by atoms with E-state index in [4.69, 9.17) is 5.26 Å². The molecule has 1 atom stereocenters. The van der Waals surface area contributed by atoms with E-state index in [-0.39, 0.29) is 6.04 Å². The highest BCUT2D eigenvalue weighted by molar-refractivity contribution is 4.94. The summed E-state index contributed by atoms with van der Waals surface area (Å²) < 4.78 is 0. The Balaban J connectivity index is 2.58. The Kier molecular flexibility index (Phi) is 5.67. The van der Waals surface area contributed by atoms with Gasteiger partial charge in [0.05, 0.1) is 12.1 Å². The number of nitrogens with zero attached hydrogens (tertiary/aromatic N) is 2. The Labute approximate surface area is 93.5 Å². The zero-order valence-corrected chi connectivity index (χ0v) is 10.00. The third-order valence-corrected chi connectivity index (χ3v) is 3.20. The molecule has 1 aliphatic rings. The van der Waals surface area contributed by atoms with Gasteiger partial charge in [0.25, 0.3) is 0 Å². The molecule has 15 heavy (non-hydrogen) atoms. The predicted octanol–water partition coefficient (Wildman–Crippen LogP) is 1.75. The predicted molar refractivity (Wildman–Crippen MR) is 62.6 cm³/mol. The first-order valence-electron chi connectivity index (χ1n) is 6.19. The van der Waals surface area contributed by atoms with Crippen molar-refractivity contribution < 1.29 is 0 Å². The Bertz CT molecular complexity index is 203. The number of nitrogens with one attached hydrogen (secondary N) is 1. The van der Waals surface area contributed by atoms with Crippen LogP contribution in [0.25, 0.3) is 0 Å². The maximum absolute atomic E-state index is 9.15. The number of rotatable bonds is 5. The van der Waals surface area contributed by atoms with E-state index in [1.165, 1.54) is 12.8 Å². The van der Waals surface area contributed by atoms with Crippen LogP contribution in [0.15, 0.2) is 0 Å². The molecule has 86 valence electrons. The summed E-state index contributed by atoms with van der Waals surface area (Å²) in [6.07, 6.45) is 4.47. The van der Waals surface area contributed by atoms with Crippen molar-refractivity contribution in [2.24, 2.45) is 0 Å². The third kappa shape index (κ3) is 3.48. The lowest BCUT2D eigenvalue weighted by atomic mass is 10.0. The number of hydrogen-bond acceptors (Lipinski definition) is 3. The summed E-state index contributed by atoms with van der Waals surface area (Å²) in [6, 6.07) is 3.18. The molecule has 1 aliphatic heterocycles. The minimum Gasteiger partial charge on any atom is -0.317 e. The minimum absolute atomic E-state index is 0.119. The van der Waals surface area contributed by atoms with Gasteiger partial charge in [0.15, 0.2) is 0 Å². The molecule has 0 aromatic rings. The van der Waals surface area contributed by atoms with Crippen LogP contribution in [0.5, 0.6) is 0 Å². The molecule has 0 amide bonds. The molecule has 1 rings (SSSR count). The van der Waals surface area contributed by atoms with Gasteiger partial charge in [-0.2, -0.15) is 5.26 Å². The summed E-state index contributed by atoms with van der Waals surface area (Å²) in [5.41, 5.74) is 0. The fourth-order valence-corrected chi connectivity index (χ4v) is 2.39. The maximum atomic E-state index is 9.15. The highest BCUT2D eigenvalue weighted by Gasteiger charge is 2.25. The van der Waals surface area contributed by atoms with E-state index in [0.717, 1.165) is 32.5 Å². The molecule has 0 aromatic heterocycles. The van der Waals surface area contributed by atoms with E-state index >= 15 is 0 Å². The van der Waals surface area contributed by atoms with E-state index in [2.05, 4.69) is 30.1 Å². The zero-order chi connectivity index (χ0) is 11.1. The van der Waals surface area contributed by atoms with Gasteiger partial charge in [-0.25, -0.2) is 0 Å². The SMILES string of the molecule is CCCN(C(C#N)CC)C1CCNCC1. The normalized spacial score (nSPS) is 20.1. The van der Waals surface area contributed by atoms with Gasteiger partial charge in [-0.3, -0.25) is 4.90 Å². The molecule has 3 nitrogen and oxygen atoms in total. The van der Waals surface area contributed by atoms with E-state index in [0.29, 0.717) is 6.04 Å². The van der Waals surface area contributed by atoms with Crippen LogP contribution >= 0.6 is 0 Å². The van der Waals surface area contributed by atoms with Gasteiger partial charge in [0, 0.05) is 6.04 Å². The molecule has 0 bridgehead atoms. The molecule has 1 fully saturated rings. The van der Waals surface area contributed by atoms with E-state index in [9.17, 15) is 0 Å². The second kappa shape index (κ2) is 6.81. The van der Waals surface area contributed by atoms with Crippen molar-refractivity contribution in [1.82, 2.24) is 10.2 Å². The van der Waals surface area contributed by atoms with Gasteiger partial charge in [-0.05, 0) is 45.3 Å². The molecule has 0 radical (unpaired) electrons. The highest BCUT2D eigenvalue weighted by atomic mass is 15.2. The van der Waals surface area contributed by atoms with Gasteiger partial charge in [-0.15, -0.1) is 0 Å². The van der Waals surface area contributed by atoms with Crippen molar-refractivity contribution in [2.75, 3.05) is 19.6 Å². The first-order chi connectivity index (χ1) is 7.33. The molecule has 1 saturated heterocycles. The van der Waals surface area contributed by atoms with Crippen LogP contribution in [0, 0.1) is 11.3 Å². The first kappa shape index (κ1) is 12.5. The van der Waals surface area contributed by atoms with E-state index in [1.807, 2.05) is 0 Å². The van der Waals surface area contributed by atoms with Crippen molar-refractivity contribution in [2.45, 2.75) is 51.6 Å². The zero-order valence-electron chi connectivity index (χ0n) is 10.00. The number of hydrogen-bond donors (Lipinski definition) is 1. The van der Waals surface area contributed by atoms with Gasteiger partial charge in [0.1, 0.15) is 0 Å². The summed E-state index contributed by atoms with van der Waals surface area (Å²) in [6.45, 7) is 7.58. The standard InChI is InChI=1S/C12H23N3/c1-3-9-15(11(4-2)10-13)12-5-7-14-8-6-12/h11-12,14H,3-9H2,1-2H3. The smallest absolute Gasteiger partial charge is 0.0977 e. The van der Waals surface area contributed by atoms with Crippen molar-refractivity contribution in [1.29, 1.82) is 5.26 Å². The topological polar surface area (TPSA) is 39.1 Å². The molecular formula is C12H23N3. The average molecular weight is 209 g/mol. The molecule has 0 aliphatic carbocycles. The van der Waals surface area contributed by atoms with Gasteiger partial charge >= 0.3 is 0 Å². The van der Waals surface area contributed by atoms with Gasteiger partial charge in [0.2, 0.25) is 0 Å². The summed E-state index contributed by atoms with van der Waals surface area (Å²) in [7, 11) is 0. The van der Waals surface area contributed by atoms with E-state index < -0.39 is 0 Å². The van der Waals surface area contributed by atoms with Crippen molar-refractivity contribution in [3.63, 3.8) is 0 Å². The van der Waals surface area contributed by atoms with Gasteiger partial charge in [-0.1, -0.05) is 13.8 Å². The fraction of sp³-hybridized carbons (Fsp3) is 0.917. The largest absolute Gasteiger partial charge is 0.317 e. The highest BCUT2D eigenvalue weighted by Crippen LogP contribution is 2.17. The van der Waals surface area contributed by atoms with Crippen LogP contribution in [0.1, 0.15) is 39.5 Å². The van der Waals surface area contributed by atoms with Crippen LogP contribution in [-0.2, 0) is 0 Å². The Morgan fingerprint density at radius 2 is 2.07 bits per heavy atom. The fourth-order valence-electron chi connectivity index (χ4n) is 2.39. The Hall–Kier alpha value is -0.590. The quantitative estimate of drug-likeness (QED) is 0.750. The summed E-state index contributed by atoms with van der Waals surface area (Å²) in [5.74, 6) is 0. The van der Waals surface area contributed by atoms with Crippen molar-refractivity contribution in [3.05, 3.63) is 0 Å². The first-order valence-corrected chi connectivity index (χ1v) is 6.19. The summed E-state index contributed by atoms with van der Waals surface area (Å²) in [5, 5.41) is 12.5. The summed E-state index contributed by atoms with van der Waals surface area (Å²) >= 11 is 0. The molecular weight excluding hydrogens is 186 g/mol. The lowest BCUT2D eigenvalue weighted by Crippen LogP contribution is -2.47. The van der Waals surface area contributed by atoms with Crippen LogP contribution in [0.2, 0.25) is 0 Å². The minimum atomic E-state index is 0.119. The molecule has 1 N–H and O–H groups in total. The van der Waals surface area contributed by atoms with Crippen molar-refractivity contribution in [3.8, 4) is 6.07 Å². The van der Waals surface area contributed by atoms with Crippen molar-refractivity contribution >= 4 is 0 Å². The Morgan fingerprint density at radius 3 is 2.53 bits per heavy atom. The lowest BCUT2D eigenvalue weighted by molar-refractivity contribution is 0.131. The lowest BCUT2D eigenvalue weighted by Gasteiger charge is -2.37. The molecule has 1 unspecified atom stereocenters. The molecule has 0 aromatic carbocycles. The number of nitriles is 1. The maximum Gasteiger partial charge on any atom is 0.0977 e. The molecule has 1 heterocycles.